The first-order valence-corrected chi connectivity index (χ1v) is 4.73. The van der Waals surface area contributed by atoms with Crippen LogP contribution >= 0.6 is 0 Å². The fourth-order valence-corrected chi connectivity index (χ4v) is 1.31. The van der Waals surface area contributed by atoms with E-state index in [9.17, 15) is 18.3 Å². The zero-order valence-electron chi connectivity index (χ0n) is 9.01. The number of halogens is 3. The van der Waals surface area contributed by atoms with Gasteiger partial charge >= 0.3 is 6.36 Å². The van der Waals surface area contributed by atoms with Gasteiger partial charge in [-0.1, -0.05) is 12.1 Å². The van der Waals surface area contributed by atoms with Crippen molar-refractivity contribution in [1.82, 2.24) is 0 Å². The summed E-state index contributed by atoms with van der Waals surface area (Å²) in [6.45, 7) is 3.26. The second-order valence-electron chi connectivity index (χ2n) is 4.18. The molecule has 0 atom stereocenters. The maximum absolute atomic E-state index is 11.9. The average Bonchev–Trinajstić information content (AvgIpc) is 2.03. The molecule has 16 heavy (non-hydrogen) atoms. The van der Waals surface area contributed by atoms with Crippen LogP contribution < -0.4 is 4.74 Å². The third-order valence-corrected chi connectivity index (χ3v) is 1.79. The van der Waals surface area contributed by atoms with E-state index in [2.05, 4.69) is 4.74 Å². The number of ether oxygens (including phenoxy) is 1. The topological polar surface area (TPSA) is 29.5 Å². The summed E-state index contributed by atoms with van der Waals surface area (Å²) < 4.78 is 39.3. The van der Waals surface area contributed by atoms with Gasteiger partial charge in [0.15, 0.2) is 0 Å². The number of hydrogen-bond acceptors (Lipinski definition) is 2. The van der Waals surface area contributed by atoms with Crippen LogP contribution in [0.25, 0.3) is 0 Å². The number of hydrogen-bond donors (Lipinski definition) is 1. The predicted octanol–water partition coefficient (Wildman–Crippen LogP) is 2.90. The maximum atomic E-state index is 11.9. The molecule has 1 rings (SSSR count). The highest BCUT2D eigenvalue weighted by Crippen LogP contribution is 2.23. The summed E-state index contributed by atoms with van der Waals surface area (Å²) >= 11 is 0. The van der Waals surface area contributed by atoms with Crippen molar-refractivity contribution < 1.29 is 23.0 Å². The minimum atomic E-state index is -4.67. The second kappa shape index (κ2) is 4.33. The first-order valence-electron chi connectivity index (χ1n) is 4.73. The summed E-state index contributed by atoms with van der Waals surface area (Å²) in [7, 11) is 0. The molecule has 1 aromatic carbocycles. The summed E-state index contributed by atoms with van der Waals surface area (Å²) in [5, 5.41) is 9.52. The first kappa shape index (κ1) is 12.8. The zero-order valence-corrected chi connectivity index (χ0v) is 9.01. The highest BCUT2D eigenvalue weighted by molar-refractivity contribution is 5.28. The van der Waals surface area contributed by atoms with Crippen molar-refractivity contribution in [1.29, 1.82) is 0 Å². The van der Waals surface area contributed by atoms with Gasteiger partial charge in [0, 0.05) is 6.42 Å². The molecule has 0 aliphatic rings. The van der Waals surface area contributed by atoms with Crippen LogP contribution in [0.5, 0.6) is 5.75 Å². The molecule has 2 nitrogen and oxygen atoms in total. The van der Waals surface area contributed by atoms with Crippen LogP contribution in [0, 0.1) is 0 Å². The Kier molecular flexibility index (Phi) is 3.48. The van der Waals surface area contributed by atoms with Crippen LogP contribution in [0.4, 0.5) is 13.2 Å². The Hall–Kier alpha value is -1.23. The lowest BCUT2D eigenvalue weighted by atomic mass is 9.99. The third-order valence-electron chi connectivity index (χ3n) is 1.79. The molecule has 0 unspecified atom stereocenters. The van der Waals surface area contributed by atoms with Gasteiger partial charge in [-0.15, -0.1) is 13.2 Å². The molecule has 0 aliphatic heterocycles. The molecule has 0 radical (unpaired) electrons. The van der Waals surface area contributed by atoms with Crippen LogP contribution in [-0.2, 0) is 6.42 Å². The van der Waals surface area contributed by atoms with Gasteiger partial charge < -0.3 is 9.84 Å². The third kappa shape index (κ3) is 5.02. The van der Waals surface area contributed by atoms with Gasteiger partial charge in [0.2, 0.25) is 0 Å². The largest absolute Gasteiger partial charge is 0.573 e. The van der Waals surface area contributed by atoms with Crippen LogP contribution in [0.3, 0.4) is 0 Å². The molecule has 0 amide bonds. The summed E-state index contributed by atoms with van der Waals surface area (Å²) in [6.07, 6.45) is -4.29. The Bertz CT molecular complexity index is 301. The molecule has 0 saturated carbocycles. The number of aliphatic hydroxyl groups is 1. The van der Waals surface area contributed by atoms with Crippen molar-refractivity contribution in [2.75, 3.05) is 0 Å². The molecule has 0 spiro atoms. The predicted molar refractivity (Wildman–Crippen MR) is 53.1 cm³/mol. The molecular formula is C11H13F3O2. The van der Waals surface area contributed by atoms with Gasteiger partial charge in [-0.05, 0) is 31.5 Å². The van der Waals surface area contributed by atoms with Crippen LogP contribution in [0.1, 0.15) is 19.4 Å². The molecule has 0 aliphatic carbocycles. The molecule has 90 valence electrons. The molecule has 0 saturated heterocycles. The number of benzene rings is 1. The molecular weight excluding hydrogens is 221 g/mol. The van der Waals surface area contributed by atoms with Gasteiger partial charge in [-0.3, -0.25) is 0 Å². The molecule has 5 heteroatoms. The molecule has 0 fully saturated rings. The molecule has 0 aromatic heterocycles. The lowest BCUT2D eigenvalue weighted by Gasteiger charge is -2.17. The van der Waals surface area contributed by atoms with Gasteiger partial charge in [0.25, 0.3) is 0 Å². The summed E-state index contributed by atoms with van der Waals surface area (Å²) in [4.78, 5) is 0. The maximum Gasteiger partial charge on any atom is 0.573 e. The highest BCUT2D eigenvalue weighted by Gasteiger charge is 2.30. The Morgan fingerprint density at radius 3 is 2.00 bits per heavy atom. The smallest absolute Gasteiger partial charge is 0.406 e. The van der Waals surface area contributed by atoms with Gasteiger partial charge in [0.05, 0.1) is 5.60 Å². The Morgan fingerprint density at radius 1 is 1.12 bits per heavy atom. The van der Waals surface area contributed by atoms with E-state index in [-0.39, 0.29) is 5.75 Å². The van der Waals surface area contributed by atoms with Crippen molar-refractivity contribution in [2.24, 2.45) is 0 Å². The lowest BCUT2D eigenvalue weighted by Crippen LogP contribution is -2.21. The summed E-state index contributed by atoms with van der Waals surface area (Å²) in [5.74, 6) is -0.257. The first-order chi connectivity index (χ1) is 7.16. The fraction of sp³-hybridized carbons (Fsp3) is 0.455. The SMILES string of the molecule is CC(C)(O)Cc1ccc(OC(F)(F)F)cc1. The second-order valence-corrected chi connectivity index (χ2v) is 4.18. The van der Waals surface area contributed by atoms with Crippen molar-refractivity contribution in [3.05, 3.63) is 29.8 Å². The Morgan fingerprint density at radius 2 is 1.62 bits per heavy atom. The van der Waals surface area contributed by atoms with E-state index < -0.39 is 12.0 Å². The van der Waals surface area contributed by atoms with E-state index in [0.717, 1.165) is 5.56 Å². The monoisotopic (exact) mass is 234 g/mol. The minimum Gasteiger partial charge on any atom is -0.406 e. The van der Waals surface area contributed by atoms with Crippen LogP contribution in [0.2, 0.25) is 0 Å². The molecule has 0 bridgehead atoms. The van der Waals surface area contributed by atoms with Crippen LogP contribution in [0.15, 0.2) is 24.3 Å². The van der Waals surface area contributed by atoms with Crippen LogP contribution in [-0.4, -0.2) is 17.1 Å². The zero-order chi connectivity index (χ0) is 12.4. The minimum absolute atomic E-state index is 0.257. The molecule has 1 aromatic rings. The average molecular weight is 234 g/mol. The Labute approximate surface area is 91.7 Å². The van der Waals surface area contributed by atoms with E-state index in [0.29, 0.717) is 6.42 Å². The quantitative estimate of drug-likeness (QED) is 0.871. The van der Waals surface area contributed by atoms with Crippen molar-refractivity contribution >= 4 is 0 Å². The summed E-state index contributed by atoms with van der Waals surface area (Å²) in [6, 6.07) is 5.46. The lowest BCUT2D eigenvalue weighted by molar-refractivity contribution is -0.274. The van der Waals surface area contributed by atoms with Crippen molar-refractivity contribution in [3.63, 3.8) is 0 Å². The van der Waals surface area contributed by atoms with Gasteiger partial charge in [-0.2, -0.15) is 0 Å². The van der Waals surface area contributed by atoms with E-state index in [1.165, 1.54) is 24.3 Å². The molecule has 1 N–H and O–H groups in total. The van der Waals surface area contributed by atoms with E-state index >= 15 is 0 Å². The highest BCUT2D eigenvalue weighted by atomic mass is 19.4. The van der Waals surface area contributed by atoms with E-state index in [4.69, 9.17) is 0 Å². The normalized spacial score (nSPS) is 12.6. The summed E-state index contributed by atoms with van der Waals surface area (Å²) in [5.41, 5.74) is -0.131. The fourth-order valence-electron chi connectivity index (χ4n) is 1.31. The van der Waals surface area contributed by atoms with Gasteiger partial charge in [0.1, 0.15) is 5.75 Å². The number of alkyl halides is 3. The van der Waals surface area contributed by atoms with E-state index in [1.54, 1.807) is 13.8 Å². The van der Waals surface area contributed by atoms with E-state index in [1.807, 2.05) is 0 Å². The molecule has 0 heterocycles. The Balaban J connectivity index is 2.69. The number of rotatable bonds is 3. The standard InChI is InChI=1S/C11H13F3O2/c1-10(2,15)7-8-3-5-9(6-4-8)16-11(12,13)14/h3-6,15H,7H2,1-2H3. The van der Waals surface area contributed by atoms with Crippen molar-refractivity contribution in [3.8, 4) is 5.75 Å². The van der Waals surface area contributed by atoms with Crippen molar-refractivity contribution in [2.45, 2.75) is 32.2 Å². The van der Waals surface area contributed by atoms with Gasteiger partial charge in [-0.25, -0.2) is 0 Å².